The Kier molecular flexibility index (Phi) is 7.86. The molecule has 1 atom stereocenters. The molecule has 1 fully saturated rings. The number of nitrogens with one attached hydrogen (secondary N) is 2. The normalized spacial score (nSPS) is 16.7. The smallest absolute Gasteiger partial charge is 0.264 e. The van der Waals surface area contributed by atoms with Crippen molar-refractivity contribution in [1.82, 2.24) is 10.6 Å². The van der Waals surface area contributed by atoms with E-state index in [1.54, 1.807) is 36.4 Å². The second-order valence-corrected chi connectivity index (χ2v) is 8.72. The highest BCUT2D eigenvalue weighted by Crippen LogP contribution is 2.22. The number of rotatable bonds is 6. The van der Waals surface area contributed by atoms with Gasteiger partial charge in [-0.05, 0) is 68.2 Å². The lowest BCUT2D eigenvalue weighted by molar-refractivity contribution is 0.0944. The summed E-state index contributed by atoms with van der Waals surface area (Å²) in [6.07, 6.45) is 2.23. The molecule has 0 saturated carbocycles. The molecule has 1 aliphatic rings. The summed E-state index contributed by atoms with van der Waals surface area (Å²) in [6, 6.07) is 14.9. The van der Waals surface area contributed by atoms with E-state index in [0.717, 1.165) is 25.9 Å². The van der Waals surface area contributed by atoms with Crippen LogP contribution in [0.15, 0.2) is 59.5 Å². The fraction of sp³-hybridized carbons (Fsp3) is 0.350. The summed E-state index contributed by atoms with van der Waals surface area (Å²) in [4.78, 5) is 12.5. The molecule has 1 amide bonds. The number of carbonyl (C=O) groups is 1. The van der Waals surface area contributed by atoms with Gasteiger partial charge < -0.3 is 10.6 Å². The topological polar surface area (TPSA) is 78.5 Å². The number of amides is 1. The van der Waals surface area contributed by atoms with E-state index in [9.17, 15) is 13.2 Å². The van der Waals surface area contributed by atoms with Crippen LogP contribution in [0.5, 0.6) is 0 Å². The minimum Gasteiger partial charge on any atom is -0.352 e. The molecule has 3 rings (SSSR count). The van der Waals surface area contributed by atoms with E-state index in [-0.39, 0.29) is 23.2 Å². The van der Waals surface area contributed by atoms with Crippen LogP contribution >= 0.6 is 12.4 Å². The number of sulfonamides is 1. The van der Waals surface area contributed by atoms with E-state index in [2.05, 4.69) is 10.6 Å². The number of para-hydroxylation sites is 1. The lowest BCUT2D eigenvalue weighted by Crippen LogP contribution is -2.38. The first-order chi connectivity index (χ1) is 13.0. The Morgan fingerprint density at radius 2 is 1.82 bits per heavy atom. The van der Waals surface area contributed by atoms with E-state index >= 15 is 0 Å². The molecular weight excluding hydrogens is 398 g/mol. The molecule has 0 radical (unpaired) electrons. The van der Waals surface area contributed by atoms with Gasteiger partial charge in [-0.2, -0.15) is 0 Å². The van der Waals surface area contributed by atoms with Crippen LogP contribution in [0.2, 0.25) is 0 Å². The standard InChI is InChI=1S/C20H25N3O3S.ClH/c1-23(18-7-3-2-4-8-18)27(25,26)19-11-9-17(10-12-19)20(24)22-15-16-6-5-13-21-14-16;/h2-4,7-12,16,21H,5-6,13-15H2,1H3,(H,22,24);1H. The molecule has 2 aromatic carbocycles. The molecule has 0 aromatic heterocycles. The van der Waals surface area contributed by atoms with Gasteiger partial charge in [-0.3, -0.25) is 9.10 Å². The van der Waals surface area contributed by atoms with Crippen molar-refractivity contribution in [2.24, 2.45) is 5.92 Å². The summed E-state index contributed by atoms with van der Waals surface area (Å²) in [5.41, 5.74) is 1.04. The van der Waals surface area contributed by atoms with Gasteiger partial charge in [-0.15, -0.1) is 12.4 Å². The molecule has 28 heavy (non-hydrogen) atoms. The first-order valence-corrected chi connectivity index (χ1v) is 10.6. The summed E-state index contributed by atoms with van der Waals surface area (Å²) in [7, 11) is -2.15. The highest BCUT2D eigenvalue weighted by molar-refractivity contribution is 7.92. The highest BCUT2D eigenvalue weighted by atomic mass is 35.5. The van der Waals surface area contributed by atoms with Crippen molar-refractivity contribution in [3.8, 4) is 0 Å². The maximum absolute atomic E-state index is 12.8. The van der Waals surface area contributed by atoms with Crippen molar-refractivity contribution in [3.05, 3.63) is 60.2 Å². The molecule has 0 spiro atoms. The number of nitrogens with zero attached hydrogens (tertiary/aromatic N) is 1. The van der Waals surface area contributed by atoms with Gasteiger partial charge in [0.2, 0.25) is 0 Å². The fourth-order valence-corrected chi connectivity index (χ4v) is 4.35. The third kappa shape index (κ3) is 5.25. The molecule has 0 aliphatic carbocycles. The molecule has 1 heterocycles. The van der Waals surface area contributed by atoms with Gasteiger partial charge in [0.1, 0.15) is 0 Å². The third-order valence-corrected chi connectivity index (χ3v) is 6.64. The van der Waals surface area contributed by atoms with Gasteiger partial charge in [-0.25, -0.2) is 8.42 Å². The summed E-state index contributed by atoms with van der Waals surface area (Å²) >= 11 is 0. The van der Waals surface area contributed by atoms with E-state index in [0.29, 0.717) is 23.7 Å². The van der Waals surface area contributed by atoms with Crippen LogP contribution in [0.1, 0.15) is 23.2 Å². The Balaban J connectivity index is 0.00000280. The average molecular weight is 424 g/mol. The third-order valence-electron chi connectivity index (χ3n) is 4.84. The molecule has 2 N–H and O–H groups in total. The number of hydrogen-bond acceptors (Lipinski definition) is 4. The summed E-state index contributed by atoms with van der Waals surface area (Å²) in [5, 5.41) is 6.26. The van der Waals surface area contributed by atoms with Crippen molar-refractivity contribution in [2.75, 3.05) is 31.0 Å². The number of carbonyl (C=O) groups excluding carboxylic acids is 1. The number of piperidine rings is 1. The van der Waals surface area contributed by atoms with Gasteiger partial charge in [-0.1, -0.05) is 18.2 Å². The number of hydrogen-bond donors (Lipinski definition) is 2. The van der Waals surface area contributed by atoms with Gasteiger partial charge in [0.25, 0.3) is 15.9 Å². The first kappa shape index (κ1) is 22.2. The monoisotopic (exact) mass is 423 g/mol. The molecule has 1 unspecified atom stereocenters. The lowest BCUT2D eigenvalue weighted by atomic mass is 10.00. The van der Waals surface area contributed by atoms with Crippen molar-refractivity contribution in [1.29, 1.82) is 0 Å². The second kappa shape index (κ2) is 9.91. The molecule has 1 saturated heterocycles. The molecule has 8 heteroatoms. The average Bonchev–Trinajstić information content (AvgIpc) is 2.73. The molecule has 1 aliphatic heterocycles. The van der Waals surface area contributed by atoms with E-state index in [4.69, 9.17) is 0 Å². The van der Waals surface area contributed by atoms with Crippen molar-refractivity contribution in [3.63, 3.8) is 0 Å². The predicted octanol–water partition coefficient (Wildman–Crippen LogP) is 2.66. The minimum absolute atomic E-state index is 0. The van der Waals surface area contributed by atoms with E-state index < -0.39 is 10.0 Å². The molecule has 6 nitrogen and oxygen atoms in total. The quantitative estimate of drug-likeness (QED) is 0.748. The van der Waals surface area contributed by atoms with Crippen LogP contribution in [-0.2, 0) is 10.0 Å². The van der Waals surface area contributed by atoms with Crippen LogP contribution in [-0.4, -0.2) is 41.0 Å². The first-order valence-electron chi connectivity index (χ1n) is 9.11. The molecule has 0 bridgehead atoms. The van der Waals surface area contributed by atoms with E-state index in [1.807, 2.05) is 6.07 Å². The number of benzene rings is 2. The maximum atomic E-state index is 12.8. The van der Waals surface area contributed by atoms with Gasteiger partial charge in [0.15, 0.2) is 0 Å². The molecule has 152 valence electrons. The predicted molar refractivity (Wildman–Crippen MR) is 114 cm³/mol. The zero-order valence-corrected chi connectivity index (χ0v) is 17.4. The SMILES string of the molecule is CN(c1ccccc1)S(=O)(=O)c1ccc(C(=O)NCC2CCCNC2)cc1.Cl. The van der Waals surface area contributed by atoms with Crippen LogP contribution in [0.25, 0.3) is 0 Å². The Morgan fingerprint density at radius 1 is 1.14 bits per heavy atom. The molecule has 2 aromatic rings. The van der Waals surface area contributed by atoms with E-state index in [1.165, 1.54) is 23.5 Å². The van der Waals surface area contributed by atoms with Gasteiger partial charge in [0.05, 0.1) is 10.6 Å². The number of anilines is 1. The highest BCUT2D eigenvalue weighted by Gasteiger charge is 2.21. The Morgan fingerprint density at radius 3 is 2.43 bits per heavy atom. The van der Waals surface area contributed by atoms with Crippen LogP contribution in [0.4, 0.5) is 5.69 Å². The Labute approximate surface area is 172 Å². The largest absolute Gasteiger partial charge is 0.352 e. The van der Waals surface area contributed by atoms with Crippen LogP contribution < -0.4 is 14.9 Å². The van der Waals surface area contributed by atoms with Crippen molar-refractivity contribution in [2.45, 2.75) is 17.7 Å². The van der Waals surface area contributed by atoms with Crippen LogP contribution in [0.3, 0.4) is 0 Å². The van der Waals surface area contributed by atoms with Gasteiger partial charge >= 0.3 is 0 Å². The lowest BCUT2D eigenvalue weighted by Gasteiger charge is -2.23. The molecular formula is C20H26ClN3O3S. The fourth-order valence-electron chi connectivity index (χ4n) is 3.15. The maximum Gasteiger partial charge on any atom is 0.264 e. The summed E-state index contributed by atoms with van der Waals surface area (Å²) in [6.45, 7) is 2.59. The Bertz CT molecular complexity index is 867. The number of halogens is 1. The summed E-state index contributed by atoms with van der Waals surface area (Å²) < 4.78 is 26.8. The van der Waals surface area contributed by atoms with Crippen molar-refractivity contribution >= 4 is 34.0 Å². The zero-order valence-electron chi connectivity index (χ0n) is 15.8. The Hall–Kier alpha value is -2.09. The van der Waals surface area contributed by atoms with Gasteiger partial charge in [0, 0.05) is 19.2 Å². The second-order valence-electron chi connectivity index (χ2n) is 6.75. The minimum atomic E-state index is -3.67. The zero-order chi connectivity index (χ0) is 19.3. The summed E-state index contributed by atoms with van der Waals surface area (Å²) in [5.74, 6) is 0.266. The van der Waals surface area contributed by atoms with Crippen molar-refractivity contribution < 1.29 is 13.2 Å². The van der Waals surface area contributed by atoms with Crippen LogP contribution in [0, 0.1) is 5.92 Å².